The zero-order valence-corrected chi connectivity index (χ0v) is 8.26. The lowest BCUT2D eigenvalue weighted by atomic mass is 10.2. The first-order valence-corrected chi connectivity index (χ1v) is 4.48. The van der Waals surface area contributed by atoms with Crippen molar-refractivity contribution in [1.82, 2.24) is 5.32 Å². The number of carbonyl (C=O) groups is 1. The standard InChI is InChI=1S/C11H11F2NO/c1-2-3-11(15)14-7-8-4-5-9(12)6-10(8)13/h2-6H,7H2,1H3,(H,14,15)/b3-2+. The van der Waals surface area contributed by atoms with Gasteiger partial charge in [-0.15, -0.1) is 0 Å². The summed E-state index contributed by atoms with van der Waals surface area (Å²) in [5.41, 5.74) is 0.259. The molecule has 0 heterocycles. The van der Waals surface area contributed by atoms with Crippen molar-refractivity contribution in [2.75, 3.05) is 0 Å². The Hall–Kier alpha value is -1.71. The first-order valence-electron chi connectivity index (χ1n) is 4.48. The van der Waals surface area contributed by atoms with Crippen LogP contribution in [0, 0.1) is 11.6 Å². The van der Waals surface area contributed by atoms with Crippen LogP contribution in [0.1, 0.15) is 12.5 Å². The highest BCUT2D eigenvalue weighted by Crippen LogP contribution is 2.08. The van der Waals surface area contributed by atoms with Crippen molar-refractivity contribution in [3.05, 3.63) is 47.5 Å². The van der Waals surface area contributed by atoms with E-state index in [2.05, 4.69) is 5.32 Å². The zero-order chi connectivity index (χ0) is 11.3. The molecule has 1 rings (SSSR count). The molecule has 0 fully saturated rings. The fourth-order valence-corrected chi connectivity index (χ4v) is 1.06. The van der Waals surface area contributed by atoms with Crippen LogP contribution in [0.25, 0.3) is 0 Å². The van der Waals surface area contributed by atoms with Crippen molar-refractivity contribution in [2.45, 2.75) is 13.5 Å². The highest BCUT2D eigenvalue weighted by Gasteiger charge is 2.04. The maximum Gasteiger partial charge on any atom is 0.243 e. The number of halogens is 2. The lowest BCUT2D eigenvalue weighted by molar-refractivity contribution is -0.116. The summed E-state index contributed by atoms with van der Waals surface area (Å²) in [5, 5.41) is 2.47. The fourth-order valence-electron chi connectivity index (χ4n) is 1.06. The van der Waals surface area contributed by atoms with Crippen molar-refractivity contribution in [1.29, 1.82) is 0 Å². The lowest BCUT2D eigenvalue weighted by Crippen LogP contribution is -2.20. The van der Waals surface area contributed by atoms with Crippen LogP contribution in [0.15, 0.2) is 30.4 Å². The van der Waals surface area contributed by atoms with Crippen molar-refractivity contribution in [3.63, 3.8) is 0 Å². The molecule has 80 valence electrons. The van der Waals surface area contributed by atoms with E-state index in [1.807, 2.05) is 0 Å². The summed E-state index contributed by atoms with van der Waals surface area (Å²) in [4.78, 5) is 11.0. The van der Waals surface area contributed by atoms with E-state index in [1.165, 1.54) is 12.1 Å². The number of amides is 1. The van der Waals surface area contributed by atoms with E-state index in [0.29, 0.717) is 0 Å². The van der Waals surface area contributed by atoms with Crippen LogP contribution >= 0.6 is 0 Å². The van der Waals surface area contributed by atoms with Crippen molar-refractivity contribution < 1.29 is 13.6 Å². The summed E-state index contributed by atoms with van der Waals surface area (Å²) in [6.45, 7) is 1.76. The normalized spacial score (nSPS) is 10.6. The molecule has 0 saturated heterocycles. The van der Waals surface area contributed by atoms with E-state index in [0.717, 1.165) is 12.1 Å². The minimum absolute atomic E-state index is 0.0509. The molecule has 0 aliphatic carbocycles. The molecule has 0 aliphatic heterocycles. The molecule has 0 aliphatic rings. The number of hydrogen-bond donors (Lipinski definition) is 1. The molecule has 0 saturated carbocycles. The van der Waals surface area contributed by atoms with Crippen LogP contribution in [0.4, 0.5) is 8.78 Å². The average Bonchev–Trinajstić information content (AvgIpc) is 2.17. The Bertz CT molecular complexity index is 388. The maximum atomic E-state index is 13.1. The van der Waals surface area contributed by atoms with Gasteiger partial charge in [-0.3, -0.25) is 4.79 Å². The molecule has 0 bridgehead atoms. The largest absolute Gasteiger partial charge is 0.348 e. The van der Waals surface area contributed by atoms with E-state index >= 15 is 0 Å². The van der Waals surface area contributed by atoms with Gasteiger partial charge in [-0.05, 0) is 19.1 Å². The van der Waals surface area contributed by atoms with Crippen molar-refractivity contribution in [3.8, 4) is 0 Å². The fraction of sp³-hybridized carbons (Fsp3) is 0.182. The molecule has 4 heteroatoms. The maximum absolute atomic E-state index is 13.1. The number of allylic oxidation sites excluding steroid dienone is 1. The van der Waals surface area contributed by atoms with E-state index in [9.17, 15) is 13.6 Å². The minimum atomic E-state index is -0.657. The van der Waals surface area contributed by atoms with E-state index in [1.54, 1.807) is 13.0 Å². The van der Waals surface area contributed by atoms with Gasteiger partial charge in [-0.1, -0.05) is 12.1 Å². The third-order valence-corrected chi connectivity index (χ3v) is 1.79. The van der Waals surface area contributed by atoms with E-state index in [-0.39, 0.29) is 18.0 Å². The van der Waals surface area contributed by atoms with Crippen LogP contribution in [0.3, 0.4) is 0 Å². The summed E-state index contributed by atoms with van der Waals surface area (Å²) in [6, 6.07) is 3.25. The van der Waals surface area contributed by atoms with Gasteiger partial charge < -0.3 is 5.32 Å². The Morgan fingerprint density at radius 3 is 2.80 bits per heavy atom. The lowest BCUT2D eigenvalue weighted by Gasteiger charge is -2.03. The molecular weight excluding hydrogens is 200 g/mol. The third-order valence-electron chi connectivity index (χ3n) is 1.79. The average molecular weight is 211 g/mol. The Balaban J connectivity index is 2.62. The molecule has 1 aromatic rings. The van der Waals surface area contributed by atoms with Gasteiger partial charge in [0.25, 0.3) is 0 Å². The molecule has 2 nitrogen and oxygen atoms in total. The summed E-state index contributed by atoms with van der Waals surface area (Å²) in [5.74, 6) is -1.59. The van der Waals surface area contributed by atoms with E-state index in [4.69, 9.17) is 0 Å². The van der Waals surface area contributed by atoms with E-state index < -0.39 is 11.6 Å². The highest BCUT2D eigenvalue weighted by atomic mass is 19.1. The van der Waals surface area contributed by atoms with Crippen LogP contribution in [-0.2, 0) is 11.3 Å². The Morgan fingerprint density at radius 1 is 1.47 bits per heavy atom. The van der Waals surface area contributed by atoms with Gasteiger partial charge in [0, 0.05) is 18.2 Å². The summed E-state index contributed by atoms with van der Waals surface area (Å²) in [7, 11) is 0. The summed E-state index contributed by atoms with van der Waals surface area (Å²) in [6.07, 6.45) is 2.91. The number of benzene rings is 1. The third kappa shape index (κ3) is 3.50. The quantitative estimate of drug-likeness (QED) is 0.762. The minimum Gasteiger partial charge on any atom is -0.348 e. The molecule has 1 N–H and O–H groups in total. The zero-order valence-electron chi connectivity index (χ0n) is 8.26. The highest BCUT2D eigenvalue weighted by molar-refractivity contribution is 5.87. The van der Waals surface area contributed by atoms with Gasteiger partial charge in [0.05, 0.1) is 0 Å². The molecule has 0 aromatic heterocycles. The first-order chi connectivity index (χ1) is 7.13. The van der Waals surface area contributed by atoms with Gasteiger partial charge in [0.15, 0.2) is 0 Å². The molecule has 15 heavy (non-hydrogen) atoms. The van der Waals surface area contributed by atoms with Gasteiger partial charge in [-0.25, -0.2) is 8.78 Å². The SMILES string of the molecule is C/C=C/C(=O)NCc1ccc(F)cc1F. The van der Waals surface area contributed by atoms with Crippen LogP contribution < -0.4 is 5.32 Å². The molecule has 0 spiro atoms. The Labute approximate surface area is 86.6 Å². The number of rotatable bonds is 3. The Kier molecular flexibility index (Phi) is 3.97. The first kappa shape index (κ1) is 11.4. The second-order valence-electron chi connectivity index (χ2n) is 2.95. The number of hydrogen-bond acceptors (Lipinski definition) is 1. The van der Waals surface area contributed by atoms with Crippen LogP contribution in [-0.4, -0.2) is 5.91 Å². The molecular formula is C11H11F2NO. The number of nitrogens with one attached hydrogen (secondary N) is 1. The molecule has 0 atom stereocenters. The predicted molar refractivity (Wildman–Crippen MR) is 53.0 cm³/mol. The van der Waals surface area contributed by atoms with Gasteiger partial charge in [0.1, 0.15) is 11.6 Å². The number of carbonyl (C=O) groups excluding carboxylic acids is 1. The van der Waals surface area contributed by atoms with Crippen LogP contribution in [0.5, 0.6) is 0 Å². The monoisotopic (exact) mass is 211 g/mol. The second kappa shape index (κ2) is 5.24. The topological polar surface area (TPSA) is 29.1 Å². The smallest absolute Gasteiger partial charge is 0.243 e. The summed E-state index contributed by atoms with van der Waals surface area (Å²) >= 11 is 0. The van der Waals surface area contributed by atoms with Gasteiger partial charge in [-0.2, -0.15) is 0 Å². The van der Waals surface area contributed by atoms with Crippen LogP contribution in [0.2, 0.25) is 0 Å². The van der Waals surface area contributed by atoms with Crippen molar-refractivity contribution >= 4 is 5.91 Å². The van der Waals surface area contributed by atoms with Gasteiger partial charge >= 0.3 is 0 Å². The molecule has 0 radical (unpaired) electrons. The van der Waals surface area contributed by atoms with Crippen molar-refractivity contribution in [2.24, 2.45) is 0 Å². The molecule has 1 amide bonds. The second-order valence-corrected chi connectivity index (χ2v) is 2.95. The molecule has 0 unspecified atom stereocenters. The summed E-state index contributed by atoms with van der Waals surface area (Å²) < 4.78 is 25.6. The Morgan fingerprint density at radius 2 is 2.20 bits per heavy atom. The molecule has 1 aromatic carbocycles. The van der Waals surface area contributed by atoms with Gasteiger partial charge in [0.2, 0.25) is 5.91 Å². The predicted octanol–water partition coefficient (Wildman–Crippen LogP) is 2.16.